The summed E-state index contributed by atoms with van der Waals surface area (Å²) in [5.41, 5.74) is 5.61. The molecule has 1 N–H and O–H groups in total. The van der Waals surface area contributed by atoms with Gasteiger partial charge in [0.2, 0.25) is 0 Å². The van der Waals surface area contributed by atoms with Crippen LogP contribution in [-0.4, -0.2) is 12.2 Å². The van der Waals surface area contributed by atoms with Gasteiger partial charge < -0.3 is 10.0 Å². The second-order valence-electron chi connectivity index (χ2n) is 5.23. The van der Waals surface area contributed by atoms with E-state index in [1.807, 2.05) is 25.1 Å². The number of rotatable bonds is 3. The summed E-state index contributed by atoms with van der Waals surface area (Å²) in [6, 6.07) is 12.3. The number of para-hydroxylation sites is 1. The van der Waals surface area contributed by atoms with Gasteiger partial charge in [0.15, 0.2) is 0 Å². The molecule has 0 aliphatic heterocycles. The summed E-state index contributed by atoms with van der Waals surface area (Å²) in [6.45, 7) is 6.85. The summed E-state index contributed by atoms with van der Waals surface area (Å²) in [4.78, 5) is 2.17. The highest BCUT2D eigenvalue weighted by Crippen LogP contribution is 2.26. The van der Waals surface area contributed by atoms with Gasteiger partial charge in [0.25, 0.3) is 0 Å². The van der Waals surface area contributed by atoms with Crippen molar-refractivity contribution in [2.75, 3.05) is 11.9 Å². The second-order valence-corrected chi connectivity index (χ2v) is 5.23. The van der Waals surface area contributed by atoms with E-state index >= 15 is 0 Å². The topological polar surface area (TPSA) is 23.5 Å². The first-order chi connectivity index (χ1) is 8.99. The Morgan fingerprint density at radius 3 is 2.42 bits per heavy atom. The number of hydrogen-bond acceptors (Lipinski definition) is 2. The Morgan fingerprint density at radius 1 is 1.00 bits per heavy atom. The number of benzene rings is 2. The Hall–Kier alpha value is -1.96. The lowest BCUT2D eigenvalue weighted by Crippen LogP contribution is -2.17. The first kappa shape index (κ1) is 13.5. The van der Waals surface area contributed by atoms with Crippen molar-refractivity contribution in [1.82, 2.24) is 0 Å². The maximum atomic E-state index is 10.1. The van der Waals surface area contributed by atoms with Gasteiger partial charge in [0.05, 0.1) is 0 Å². The van der Waals surface area contributed by atoms with Gasteiger partial charge in [0.1, 0.15) is 5.75 Å². The molecular weight excluding hydrogens is 234 g/mol. The van der Waals surface area contributed by atoms with E-state index in [1.54, 1.807) is 0 Å². The van der Waals surface area contributed by atoms with E-state index in [0.29, 0.717) is 12.3 Å². The lowest BCUT2D eigenvalue weighted by atomic mass is 10.1. The predicted octanol–water partition coefficient (Wildman–Crippen LogP) is 3.95. The van der Waals surface area contributed by atoms with Crippen LogP contribution in [0.2, 0.25) is 0 Å². The largest absolute Gasteiger partial charge is 0.507 e. The van der Waals surface area contributed by atoms with Crippen LogP contribution in [0.15, 0.2) is 36.4 Å². The van der Waals surface area contributed by atoms with Crippen LogP contribution in [0.1, 0.15) is 22.3 Å². The molecule has 19 heavy (non-hydrogen) atoms. The quantitative estimate of drug-likeness (QED) is 0.897. The average molecular weight is 255 g/mol. The molecule has 0 fully saturated rings. The van der Waals surface area contributed by atoms with Crippen molar-refractivity contribution in [3.05, 3.63) is 58.7 Å². The monoisotopic (exact) mass is 255 g/mol. The van der Waals surface area contributed by atoms with Crippen molar-refractivity contribution >= 4 is 5.69 Å². The standard InChI is InChI=1S/C17H21NO/c1-12-8-9-16(14(3)10-12)18(4)11-15-7-5-6-13(2)17(15)19/h5-10,19H,11H2,1-4H3. The van der Waals surface area contributed by atoms with Crippen molar-refractivity contribution in [3.63, 3.8) is 0 Å². The normalized spacial score (nSPS) is 10.5. The van der Waals surface area contributed by atoms with Crippen molar-refractivity contribution < 1.29 is 5.11 Å². The van der Waals surface area contributed by atoms with E-state index in [-0.39, 0.29) is 0 Å². The molecule has 2 aromatic carbocycles. The minimum Gasteiger partial charge on any atom is -0.507 e. The second kappa shape index (κ2) is 5.35. The van der Waals surface area contributed by atoms with E-state index in [1.165, 1.54) is 16.8 Å². The minimum atomic E-state index is 0.402. The third-order valence-corrected chi connectivity index (χ3v) is 3.49. The Bertz CT molecular complexity index is 590. The van der Waals surface area contributed by atoms with Crippen LogP contribution in [0.5, 0.6) is 5.75 Å². The molecule has 2 rings (SSSR count). The van der Waals surface area contributed by atoms with Gasteiger partial charge in [0, 0.05) is 24.8 Å². The zero-order valence-corrected chi connectivity index (χ0v) is 12.1. The van der Waals surface area contributed by atoms with E-state index < -0.39 is 0 Å². The lowest BCUT2D eigenvalue weighted by Gasteiger charge is -2.22. The third kappa shape index (κ3) is 2.90. The molecule has 0 spiro atoms. The number of anilines is 1. The first-order valence-corrected chi connectivity index (χ1v) is 6.55. The Balaban J connectivity index is 2.25. The maximum absolute atomic E-state index is 10.1. The van der Waals surface area contributed by atoms with Gasteiger partial charge in [-0.3, -0.25) is 0 Å². The highest BCUT2D eigenvalue weighted by Gasteiger charge is 2.09. The molecule has 0 unspecified atom stereocenters. The number of nitrogens with zero attached hydrogens (tertiary/aromatic N) is 1. The van der Waals surface area contributed by atoms with Crippen LogP contribution >= 0.6 is 0 Å². The molecule has 0 aromatic heterocycles. The molecule has 0 radical (unpaired) electrons. The van der Waals surface area contributed by atoms with Crippen molar-refractivity contribution in [3.8, 4) is 5.75 Å². The summed E-state index contributed by atoms with van der Waals surface area (Å²) in [5, 5.41) is 10.1. The van der Waals surface area contributed by atoms with Crippen LogP contribution in [0, 0.1) is 20.8 Å². The number of phenols is 1. The average Bonchev–Trinajstić information content (AvgIpc) is 2.34. The Morgan fingerprint density at radius 2 is 1.74 bits per heavy atom. The molecule has 0 aliphatic carbocycles. The molecule has 0 atom stereocenters. The van der Waals surface area contributed by atoms with Gasteiger partial charge in [-0.05, 0) is 38.0 Å². The Labute approximate surface area is 115 Å². The van der Waals surface area contributed by atoms with Crippen molar-refractivity contribution in [1.29, 1.82) is 0 Å². The molecule has 2 nitrogen and oxygen atoms in total. The van der Waals surface area contributed by atoms with Crippen molar-refractivity contribution in [2.45, 2.75) is 27.3 Å². The van der Waals surface area contributed by atoms with Gasteiger partial charge in [-0.15, -0.1) is 0 Å². The molecule has 0 amide bonds. The molecule has 0 heterocycles. The van der Waals surface area contributed by atoms with Crippen LogP contribution in [-0.2, 0) is 6.54 Å². The molecule has 0 saturated heterocycles. The fourth-order valence-corrected chi connectivity index (χ4v) is 2.42. The zero-order valence-electron chi connectivity index (χ0n) is 12.1. The predicted molar refractivity (Wildman–Crippen MR) is 80.9 cm³/mol. The van der Waals surface area contributed by atoms with Gasteiger partial charge in [-0.2, -0.15) is 0 Å². The summed E-state index contributed by atoms with van der Waals surface area (Å²) in [5.74, 6) is 0.402. The van der Waals surface area contributed by atoms with Crippen LogP contribution in [0.4, 0.5) is 5.69 Å². The SMILES string of the molecule is Cc1ccc(N(C)Cc2cccc(C)c2O)c(C)c1. The third-order valence-electron chi connectivity index (χ3n) is 3.49. The number of hydrogen-bond donors (Lipinski definition) is 1. The maximum Gasteiger partial charge on any atom is 0.123 e. The van der Waals surface area contributed by atoms with Crippen LogP contribution in [0.25, 0.3) is 0 Å². The molecule has 0 bridgehead atoms. The summed E-state index contributed by atoms with van der Waals surface area (Å²) < 4.78 is 0. The van der Waals surface area contributed by atoms with E-state index in [4.69, 9.17) is 0 Å². The number of aromatic hydroxyl groups is 1. The lowest BCUT2D eigenvalue weighted by molar-refractivity contribution is 0.463. The van der Waals surface area contributed by atoms with E-state index in [0.717, 1.165) is 11.1 Å². The molecule has 100 valence electrons. The highest BCUT2D eigenvalue weighted by molar-refractivity contribution is 5.55. The number of phenolic OH excluding ortho intramolecular Hbond substituents is 1. The van der Waals surface area contributed by atoms with E-state index in [2.05, 4.69) is 44.0 Å². The fraction of sp³-hybridized carbons (Fsp3) is 0.294. The first-order valence-electron chi connectivity index (χ1n) is 6.55. The minimum absolute atomic E-state index is 0.402. The number of aryl methyl sites for hydroxylation is 3. The van der Waals surface area contributed by atoms with Crippen molar-refractivity contribution in [2.24, 2.45) is 0 Å². The smallest absolute Gasteiger partial charge is 0.123 e. The van der Waals surface area contributed by atoms with Crippen LogP contribution < -0.4 is 4.90 Å². The van der Waals surface area contributed by atoms with Gasteiger partial charge in [-0.25, -0.2) is 0 Å². The van der Waals surface area contributed by atoms with E-state index in [9.17, 15) is 5.11 Å². The van der Waals surface area contributed by atoms with Crippen LogP contribution in [0.3, 0.4) is 0 Å². The molecule has 0 saturated carbocycles. The highest BCUT2D eigenvalue weighted by atomic mass is 16.3. The molecular formula is C17H21NO. The van der Waals surface area contributed by atoms with Gasteiger partial charge in [-0.1, -0.05) is 35.9 Å². The summed E-state index contributed by atoms with van der Waals surface area (Å²) >= 11 is 0. The zero-order chi connectivity index (χ0) is 14.0. The fourth-order valence-electron chi connectivity index (χ4n) is 2.42. The molecule has 0 aliphatic rings. The van der Waals surface area contributed by atoms with Gasteiger partial charge >= 0.3 is 0 Å². The molecule has 2 aromatic rings. The Kier molecular flexibility index (Phi) is 3.79. The molecule has 2 heteroatoms. The summed E-state index contributed by atoms with van der Waals surface area (Å²) in [6.07, 6.45) is 0. The summed E-state index contributed by atoms with van der Waals surface area (Å²) in [7, 11) is 2.06.